The molecular weight excluding hydrogens is 465 g/mol. The SMILES string of the molecule is C=CC(=O)Nc1cccc(C)c1Nc1ncc(OCc2cc(C(=O)NC3CC3)cc(OC)c2F)cn1. The molecule has 1 aromatic heterocycles. The van der Waals surface area contributed by atoms with E-state index in [1.54, 1.807) is 6.07 Å². The molecule has 0 bridgehead atoms. The Balaban J connectivity index is 1.45. The fourth-order valence-electron chi connectivity index (χ4n) is 3.39. The van der Waals surface area contributed by atoms with E-state index in [4.69, 9.17) is 9.47 Å². The summed E-state index contributed by atoms with van der Waals surface area (Å²) in [5.41, 5.74) is 2.53. The number of carbonyl (C=O) groups is 2. The van der Waals surface area contributed by atoms with E-state index in [9.17, 15) is 14.0 Å². The minimum atomic E-state index is -0.603. The average Bonchev–Trinajstić information content (AvgIpc) is 3.70. The van der Waals surface area contributed by atoms with Gasteiger partial charge in [0.2, 0.25) is 11.9 Å². The topological polar surface area (TPSA) is 114 Å². The second-order valence-electron chi connectivity index (χ2n) is 8.25. The van der Waals surface area contributed by atoms with Crippen LogP contribution >= 0.6 is 0 Å². The van der Waals surface area contributed by atoms with Gasteiger partial charge >= 0.3 is 0 Å². The Morgan fingerprint density at radius 3 is 2.64 bits per heavy atom. The van der Waals surface area contributed by atoms with Crippen molar-refractivity contribution in [3.05, 3.63) is 77.9 Å². The van der Waals surface area contributed by atoms with E-state index in [1.807, 2.05) is 19.1 Å². The Morgan fingerprint density at radius 1 is 1.22 bits per heavy atom. The fourth-order valence-corrected chi connectivity index (χ4v) is 3.39. The Kier molecular flexibility index (Phi) is 7.43. The molecule has 1 aliphatic carbocycles. The van der Waals surface area contributed by atoms with Crippen LogP contribution in [0.2, 0.25) is 0 Å². The Bertz CT molecular complexity index is 1290. The van der Waals surface area contributed by atoms with Crippen molar-refractivity contribution in [2.75, 3.05) is 17.7 Å². The molecule has 36 heavy (non-hydrogen) atoms. The van der Waals surface area contributed by atoms with Gasteiger partial charge in [0.1, 0.15) is 6.61 Å². The molecule has 3 aromatic rings. The molecule has 2 amide bonds. The number of anilines is 3. The van der Waals surface area contributed by atoms with Crippen LogP contribution in [0.25, 0.3) is 0 Å². The Labute approximate surface area is 207 Å². The van der Waals surface area contributed by atoms with Gasteiger partial charge in [-0.1, -0.05) is 18.7 Å². The molecule has 0 aliphatic heterocycles. The van der Waals surface area contributed by atoms with Crippen molar-refractivity contribution in [1.29, 1.82) is 0 Å². The van der Waals surface area contributed by atoms with Gasteiger partial charge in [-0.25, -0.2) is 14.4 Å². The number of rotatable bonds is 10. The first-order chi connectivity index (χ1) is 17.4. The summed E-state index contributed by atoms with van der Waals surface area (Å²) in [6, 6.07) is 8.43. The maximum atomic E-state index is 14.8. The molecule has 0 saturated heterocycles. The number of methoxy groups -OCH3 is 1. The molecule has 0 unspecified atom stereocenters. The smallest absolute Gasteiger partial charge is 0.251 e. The second kappa shape index (κ2) is 10.9. The summed E-state index contributed by atoms with van der Waals surface area (Å²) in [5.74, 6) is -0.685. The summed E-state index contributed by atoms with van der Waals surface area (Å²) in [5, 5.41) is 8.70. The molecule has 0 atom stereocenters. The lowest BCUT2D eigenvalue weighted by Gasteiger charge is -2.14. The van der Waals surface area contributed by atoms with Crippen LogP contribution in [0.4, 0.5) is 21.7 Å². The molecule has 2 aromatic carbocycles. The lowest BCUT2D eigenvalue weighted by molar-refractivity contribution is -0.111. The van der Waals surface area contributed by atoms with Crippen LogP contribution in [0.1, 0.15) is 34.3 Å². The summed E-state index contributed by atoms with van der Waals surface area (Å²) < 4.78 is 25.5. The number of aromatic nitrogens is 2. The number of para-hydroxylation sites is 1. The lowest BCUT2D eigenvalue weighted by atomic mass is 10.1. The number of aryl methyl sites for hydroxylation is 1. The first-order valence-electron chi connectivity index (χ1n) is 11.3. The van der Waals surface area contributed by atoms with Gasteiger partial charge in [-0.05, 0) is 49.6 Å². The number of carbonyl (C=O) groups excluding carboxylic acids is 2. The number of hydrogen-bond donors (Lipinski definition) is 3. The summed E-state index contributed by atoms with van der Waals surface area (Å²) in [4.78, 5) is 32.7. The molecule has 1 heterocycles. The van der Waals surface area contributed by atoms with E-state index in [-0.39, 0.29) is 41.7 Å². The van der Waals surface area contributed by atoms with Crippen LogP contribution in [0.5, 0.6) is 11.5 Å². The molecule has 1 saturated carbocycles. The highest BCUT2D eigenvalue weighted by atomic mass is 19.1. The van der Waals surface area contributed by atoms with Crippen molar-refractivity contribution >= 4 is 29.1 Å². The van der Waals surface area contributed by atoms with Gasteiger partial charge in [0.05, 0.1) is 30.9 Å². The summed E-state index contributed by atoms with van der Waals surface area (Å²) in [7, 11) is 1.34. The Morgan fingerprint density at radius 2 is 1.97 bits per heavy atom. The van der Waals surface area contributed by atoms with Crippen LogP contribution in [0.15, 0.2) is 55.4 Å². The van der Waals surface area contributed by atoms with E-state index in [1.165, 1.54) is 37.7 Å². The lowest BCUT2D eigenvalue weighted by Crippen LogP contribution is -2.25. The fraction of sp³-hybridized carbons (Fsp3) is 0.231. The van der Waals surface area contributed by atoms with Crippen molar-refractivity contribution in [3.8, 4) is 11.5 Å². The van der Waals surface area contributed by atoms with Gasteiger partial charge in [0.25, 0.3) is 5.91 Å². The first-order valence-corrected chi connectivity index (χ1v) is 11.3. The van der Waals surface area contributed by atoms with Crippen molar-refractivity contribution in [2.45, 2.75) is 32.4 Å². The van der Waals surface area contributed by atoms with Gasteiger partial charge in [-0.15, -0.1) is 0 Å². The van der Waals surface area contributed by atoms with Crippen LogP contribution < -0.4 is 25.4 Å². The van der Waals surface area contributed by atoms with Gasteiger partial charge < -0.3 is 25.4 Å². The highest BCUT2D eigenvalue weighted by molar-refractivity contribution is 6.01. The number of nitrogens with zero attached hydrogens (tertiary/aromatic N) is 2. The molecular formula is C26H26FN5O4. The third kappa shape index (κ3) is 5.96. The minimum Gasteiger partial charge on any atom is -0.494 e. The van der Waals surface area contributed by atoms with Crippen molar-refractivity contribution in [1.82, 2.24) is 15.3 Å². The van der Waals surface area contributed by atoms with Crippen molar-refractivity contribution < 1.29 is 23.5 Å². The average molecular weight is 492 g/mol. The molecule has 4 rings (SSSR count). The zero-order valence-corrected chi connectivity index (χ0v) is 19.9. The molecule has 0 spiro atoms. The number of nitrogens with one attached hydrogen (secondary N) is 3. The number of benzene rings is 2. The number of hydrogen-bond acceptors (Lipinski definition) is 7. The van der Waals surface area contributed by atoms with E-state index in [2.05, 4.69) is 32.5 Å². The summed E-state index contributed by atoms with van der Waals surface area (Å²) in [6.45, 7) is 5.19. The molecule has 1 aliphatic rings. The zero-order chi connectivity index (χ0) is 25.7. The zero-order valence-electron chi connectivity index (χ0n) is 19.9. The molecule has 186 valence electrons. The second-order valence-corrected chi connectivity index (χ2v) is 8.25. The van der Waals surface area contributed by atoms with Gasteiger partial charge in [0, 0.05) is 17.2 Å². The normalized spacial score (nSPS) is 12.4. The predicted octanol–water partition coefficient (Wildman–Crippen LogP) is 4.27. The standard InChI is InChI=1S/C26H26FN5O4/c1-4-22(33)31-20-7-5-6-15(2)24(20)32-26-28-12-19(13-29-26)36-14-17-10-16(11-21(35-3)23(17)27)25(34)30-18-8-9-18/h4-7,10-13,18H,1,8-9,14H2,2-3H3,(H,30,34)(H,31,33)(H,28,29,32). The van der Waals surface area contributed by atoms with Crippen LogP contribution in [-0.4, -0.2) is 34.9 Å². The van der Waals surface area contributed by atoms with Crippen molar-refractivity contribution in [2.24, 2.45) is 0 Å². The van der Waals surface area contributed by atoms with E-state index in [0.29, 0.717) is 22.7 Å². The minimum absolute atomic E-state index is 0.0366. The predicted molar refractivity (Wildman–Crippen MR) is 133 cm³/mol. The quantitative estimate of drug-likeness (QED) is 0.363. The number of ether oxygens (including phenoxy) is 2. The highest BCUT2D eigenvalue weighted by Crippen LogP contribution is 2.29. The van der Waals surface area contributed by atoms with Crippen LogP contribution in [0, 0.1) is 12.7 Å². The van der Waals surface area contributed by atoms with E-state index >= 15 is 0 Å². The monoisotopic (exact) mass is 491 g/mol. The summed E-state index contributed by atoms with van der Waals surface area (Å²) >= 11 is 0. The molecule has 3 N–H and O–H groups in total. The van der Waals surface area contributed by atoms with Crippen LogP contribution in [0.3, 0.4) is 0 Å². The first kappa shape index (κ1) is 24.6. The van der Waals surface area contributed by atoms with Crippen LogP contribution in [-0.2, 0) is 11.4 Å². The molecule has 0 radical (unpaired) electrons. The molecule has 1 fully saturated rings. The third-order valence-corrected chi connectivity index (χ3v) is 5.48. The Hall–Kier alpha value is -4.47. The van der Waals surface area contributed by atoms with Gasteiger partial charge in [-0.3, -0.25) is 9.59 Å². The maximum Gasteiger partial charge on any atom is 0.251 e. The number of halogens is 1. The highest BCUT2D eigenvalue weighted by Gasteiger charge is 2.25. The van der Waals surface area contributed by atoms with Crippen molar-refractivity contribution in [3.63, 3.8) is 0 Å². The van der Waals surface area contributed by atoms with E-state index in [0.717, 1.165) is 18.4 Å². The molecule has 10 heteroatoms. The maximum absolute atomic E-state index is 14.8. The van der Waals surface area contributed by atoms with Gasteiger partial charge in [-0.2, -0.15) is 0 Å². The molecule has 9 nitrogen and oxygen atoms in total. The summed E-state index contributed by atoms with van der Waals surface area (Å²) in [6.07, 6.45) is 5.95. The van der Waals surface area contributed by atoms with E-state index < -0.39 is 5.82 Å². The largest absolute Gasteiger partial charge is 0.494 e. The third-order valence-electron chi connectivity index (χ3n) is 5.48. The number of amides is 2. The van der Waals surface area contributed by atoms with Gasteiger partial charge in [0.15, 0.2) is 17.3 Å².